The smallest absolute Gasteiger partial charge is 0.306 e. The maximum atomic E-state index is 12.8. The van der Waals surface area contributed by atoms with Gasteiger partial charge in [-0.1, -0.05) is 262 Å². The van der Waals surface area contributed by atoms with Crippen molar-refractivity contribution in [2.24, 2.45) is 0 Å². The van der Waals surface area contributed by atoms with Crippen LogP contribution in [0.25, 0.3) is 0 Å². The van der Waals surface area contributed by atoms with Gasteiger partial charge in [-0.25, -0.2) is 0 Å². The molecule has 0 saturated carbocycles. The third-order valence-corrected chi connectivity index (χ3v) is 12.3. The summed E-state index contributed by atoms with van der Waals surface area (Å²) in [6, 6.07) is 0. The van der Waals surface area contributed by atoms with Crippen molar-refractivity contribution < 1.29 is 28.6 Å². The molecule has 0 fully saturated rings. The zero-order chi connectivity index (χ0) is 47.2. The molecule has 0 aromatic carbocycles. The molecule has 0 aliphatic rings. The summed E-state index contributed by atoms with van der Waals surface area (Å²) in [5, 5.41) is 0. The van der Waals surface area contributed by atoms with Crippen molar-refractivity contribution in [3.8, 4) is 0 Å². The van der Waals surface area contributed by atoms with Gasteiger partial charge in [-0.05, 0) is 57.8 Å². The van der Waals surface area contributed by atoms with E-state index in [0.29, 0.717) is 19.3 Å². The fourth-order valence-corrected chi connectivity index (χ4v) is 8.14. The Labute approximate surface area is 403 Å². The van der Waals surface area contributed by atoms with Crippen molar-refractivity contribution in [1.29, 1.82) is 0 Å². The molecule has 1 atom stereocenters. The molecule has 378 valence electrons. The van der Waals surface area contributed by atoms with Crippen LogP contribution in [0.15, 0.2) is 48.6 Å². The standard InChI is InChI=1S/C59H106O6/c1-4-7-10-13-16-19-22-24-26-28-29-31-33-35-38-41-44-47-50-53-59(62)65-56(54-63-57(60)51-48-45-42-39-36-21-18-15-12-9-6-3)55-64-58(61)52-49-46-43-40-37-34-32-30-27-25-23-20-17-14-11-8-5-2/h8,11,17,20,25,27,32,34,56H,4-7,9-10,12-16,18-19,21-24,26,28-31,33,35-55H2,1-3H3/b11-8-,20-17-,27-25-,34-32-/t56-/m0/s1. The number of allylic oxidation sites excluding steroid dienone is 8. The average Bonchev–Trinajstić information content (AvgIpc) is 3.30. The van der Waals surface area contributed by atoms with Crippen LogP contribution in [0.1, 0.15) is 290 Å². The highest BCUT2D eigenvalue weighted by atomic mass is 16.6. The zero-order valence-corrected chi connectivity index (χ0v) is 43.3. The van der Waals surface area contributed by atoms with E-state index in [-0.39, 0.29) is 31.1 Å². The molecule has 0 bridgehead atoms. The molecule has 0 aliphatic carbocycles. The number of ether oxygens (including phenoxy) is 3. The first-order valence-corrected chi connectivity index (χ1v) is 28.1. The van der Waals surface area contributed by atoms with Gasteiger partial charge in [-0.15, -0.1) is 0 Å². The Morgan fingerprint density at radius 2 is 0.600 bits per heavy atom. The summed E-state index contributed by atoms with van der Waals surface area (Å²) < 4.78 is 16.8. The molecular weight excluding hydrogens is 805 g/mol. The van der Waals surface area contributed by atoms with Crippen LogP contribution in [0.3, 0.4) is 0 Å². The van der Waals surface area contributed by atoms with Crippen LogP contribution in [-0.4, -0.2) is 37.2 Å². The topological polar surface area (TPSA) is 78.9 Å². The molecule has 0 saturated heterocycles. The fraction of sp³-hybridized carbons (Fsp3) is 0.814. The molecule has 0 unspecified atom stereocenters. The number of rotatable bonds is 51. The Kier molecular flexibility index (Phi) is 51.8. The normalized spacial score (nSPS) is 12.4. The highest BCUT2D eigenvalue weighted by Gasteiger charge is 2.19. The van der Waals surface area contributed by atoms with Gasteiger partial charge in [0.1, 0.15) is 13.2 Å². The molecular formula is C59H106O6. The highest BCUT2D eigenvalue weighted by molar-refractivity contribution is 5.71. The molecule has 0 aromatic heterocycles. The number of carbonyl (C=O) groups excluding carboxylic acids is 3. The molecule has 6 heteroatoms. The maximum Gasteiger partial charge on any atom is 0.306 e. The second kappa shape index (κ2) is 54.0. The van der Waals surface area contributed by atoms with Gasteiger partial charge >= 0.3 is 17.9 Å². The van der Waals surface area contributed by atoms with Crippen molar-refractivity contribution in [2.75, 3.05) is 13.2 Å². The fourth-order valence-electron chi connectivity index (χ4n) is 8.14. The summed E-state index contributed by atoms with van der Waals surface area (Å²) in [6.45, 7) is 6.53. The third kappa shape index (κ3) is 52.2. The van der Waals surface area contributed by atoms with E-state index in [1.807, 2.05) is 0 Å². The maximum absolute atomic E-state index is 12.8. The lowest BCUT2D eigenvalue weighted by atomic mass is 10.0. The third-order valence-electron chi connectivity index (χ3n) is 12.3. The van der Waals surface area contributed by atoms with Gasteiger partial charge in [0.25, 0.3) is 0 Å². The van der Waals surface area contributed by atoms with E-state index in [1.165, 1.54) is 154 Å². The van der Waals surface area contributed by atoms with Crippen molar-refractivity contribution in [3.05, 3.63) is 48.6 Å². The molecule has 0 aromatic rings. The molecule has 0 aliphatic heterocycles. The summed E-state index contributed by atoms with van der Waals surface area (Å²) in [7, 11) is 0. The van der Waals surface area contributed by atoms with Crippen LogP contribution < -0.4 is 0 Å². The van der Waals surface area contributed by atoms with Gasteiger partial charge in [-0.3, -0.25) is 14.4 Å². The van der Waals surface area contributed by atoms with E-state index in [9.17, 15) is 14.4 Å². The van der Waals surface area contributed by atoms with E-state index in [0.717, 1.165) is 96.3 Å². The lowest BCUT2D eigenvalue weighted by molar-refractivity contribution is -0.167. The van der Waals surface area contributed by atoms with Crippen molar-refractivity contribution in [3.63, 3.8) is 0 Å². The molecule has 65 heavy (non-hydrogen) atoms. The van der Waals surface area contributed by atoms with Crippen molar-refractivity contribution in [2.45, 2.75) is 297 Å². The molecule has 0 radical (unpaired) electrons. The van der Waals surface area contributed by atoms with Gasteiger partial charge in [-0.2, -0.15) is 0 Å². The van der Waals surface area contributed by atoms with Gasteiger partial charge in [0.15, 0.2) is 6.10 Å². The Morgan fingerprint density at radius 3 is 0.938 bits per heavy atom. The Bertz CT molecular complexity index is 1140. The summed E-state index contributed by atoms with van der Waals surface area (Å²) in [6.07, 6.45) is 65.3. The molecule has 0 heterocycles. The lowest BCUT2D eigenvalue weighted by Gasteiger charge is -2.18. The molecule has 6 nitrogen and oxygen atoms in total. The van der Waals surface area contributed by atoms with Crippen molar-refractivity contribution >= 4 is 17.9 Å². The van der Waals surface area contributed by atoms with Crippen molar-refractivity contribution in [1.82, 2.24) is 0 Å². The van der Waals surface area contributed by atoms with E-state index in [4.69, 9.17) is 14.2 Å². The number of carbonyl (C=O) groups is 3. The first-order valence-electron chi connectivity index (χ1n) is 28.1. The van der Waals surface area contributed by atoms with E-state index in [2.05, 4.69) is 69.4 Å². The number of hydrogen-bond donors (Lipinski definition) is 0. The summed E-state index contributed by atoms with van der Waals surface area (Å²) in [5.74, 6) is -0.888. The minimum Gasteiger partial charge on any atom is -0.462 e. The molecule has 0 rings (SSSR count). The van der Waals surface area contributed by atoms with Crippen LogP contribution in [0.4, 0.5) is 0 Å². The van der Waals surface area contributed by atoms with E-state index >= 15 is 0 Å². The van der Waals surface area contributed by atoms with Gasteiger partial charge in [0.05, 0.1) is 0 Å². The first-order chi connectivity index (χ1) is 32.0. The average molecular weight is 911 g/mol. The predicted octanol–water partition coefficient (Wildman–Crippen LogP) is 18.7. The summed E-state index contributed by atoms with van der Waals surface area (Å²) >= 11 is 0. The van der Waals surface area contributed by atoms with E-state index < -0.39 is 6.10 Å². The Hall–Kier alpha value is -2.63. The minimum absolute atomic E-state index is 0.0770. The second-order valence-electron chi connectivity index (χ2n) is 18.8. The summed E-state index contributed by atoms with van der Waals surface area (Å²) in [4.78, 5) is 38.1. The van der Waals surface area contributed by atoms with Crippen LogP contribution in [0.5, 0.6) is 0 Å². The van der Waals surface area contributed by atoms with Gasteiger partial charge < -0.3 is 14.2 Å². The van der Waals surface area contributed by atoms with Crippen LogP contribution in [0.2, 0.25) is 0 Å². The Morgan fingerprint density at radius 1 is 0.323 bits per heavy atom. The first kappa shape index (κ1) is 62.4. The van der Waals surface area contributed by atoms with Crippen LogP contribution >= 0.6 is 0 Å². The number of hydrogen-bond acceptors (Lipinski definition) is 6. The Balaban J connectivity index is 4.34. The largest absolute Gasteiger partial charge is 0.462 e. The van der Waals surface area contributed by atoms with Gasteiger partial charge in [0, 0.05) is 19.3 Å². The van der Waals surface area contributed by atoms with Crippen LogP contribution in [-0.2, 0) is 28.6 Å². The van der Waals surface area contributed by atoms with Crippen LogP contribution in [0, 0.1) is 0 Å². The lowest BCUT2D eigenvalue weighted by Crippen LogP contribution is -2.30. The minimum atomic E-state index is -0.779. The highest BCUT2D eigenvalue weighted by Crippen LogP contribution is 2.17. The predicted molar refractivity (Wildman–Crippen MR) is 279 cm³/mol. The second-order valence-corrected chi connectivity index (χ2v) is 18.8. The number of esters is 3. The molecule has 0 N–H and O–H groups in total. The number of unbranched alkanes of at least 4 members (excludes halogenated alkanes) is 32. The zero-order valence-electron chi connectivity index (χ0n) is 43.3. The molecule has 0 spiro atoms. The van der Waals surface area contributed by atoms with E-state index in [1.54, 1.807) is 0 Å². The quantitative estimate of drug-likeness (QED) is 0.0262. The summed E-state index contributed by atoms with van der Waals surface area (Å²) in [5.41, 5.74) is 0. The SMILES string of the molecule is CC/C=C\C/C=C\C/C=C\C/C=C\CCCCCCC(=O)OC[C@H](COC(=O)CCCCCCCCCCCCC)OC(=O)CCCCCCCCCCCCCCCCCCCCC. The molecule has 0 amide bonds. The monoisotopic (exact) mass is 911 g/mol. The van der Waals surface area contributed by atoms with Gasteiger partial charge in [0.2, 0.25) is 0 Å².